The minimum Gasteiger partial charge on any atom is -0.271 e. The quantitative estimate of drug-likeness (QED) is 0.638. The molecule has 0 bridgehead atoms. The number of hydrazone groups is 1. The predicted octanol–water partition coefficient (Wildman–Crippen LogP) is 2.93. The number of amides is 1. The van der Waals surface area contributed by atoms with Crippen LogP contribution in [0.15, 0.2) is 29.4 Å². The summed E-state index contributed by atoms with van der Waals surface area (Å²) < 4.78 is 25.0. The van der Waals surface area contributed by atoms with Crippen LogP contribution < -0.4 is 9.73 Å². The fourth-order valence-electron chi connectivity index (χ4n) is 2.59. The highest BCUT2D eigenvalue weighted by Gasteiger charge is 2.22. The molecule has 6 nitrogen and oxygen atoms in total. The molecule has 0 aliphatic heterocycles. The molecular weight excluding hydrogens is 350 g/mol. The van der Waals surface area contributed by atoms with Gasteiger partial charge >= 0.3 is 0 Å². The molecule has 0 heterocycles. The lowest BCUT2D eigenvalue weighted by molar-refractivity contribution is -0.119. The Hall–Kier alpha value is -1.60. The third-order valence-corrected chi connectivity index (χ3v) is 5.27. The Kier molecular flexibility index (Phi) is 6.62. The van der Waals surface area contributed by atoms with Gasteiger partial charge in [0.25, 0.3) is 5.91 Å². The van der Waals surface area contributed by atoms with Crippen molar-refractivity contribution in [3.05, 3.63) is 29.3 Å². The van der Waals surface area contributed by atoms with Gasteiger partial charge in [-0.1, -0.05) is 36.6 Å². The standard InChI is InChI=1S/C16H22ClN3O3S/c1-24(22,23)20(15-11-7-6-10-14(15)17)12-16(21)19-18-13-8-4-2-3-5-9-13/h6-7,10-11H,2-5,8-9,12H2,1H3,(H,19,21). The fourth-order valence-corrected chi connectivity index (χ4v) is 3.75. The summed E-state index contributed by atoms with van der Waals surface area (Å²) in [5.41, 5.74) is 3.71. The Morgan fingerprint density at radius 3 is 2.42 bits per heavy atom. The number of carbonyl (C=O) groups is 1. The summed E-state index contributed by atoms with van der Waals surface area (Å²) in [7, 11) is -3.64. The summed E-state index contributed by atoms with van der Waals surface area (Å²) in [6.07, 6.45) is 7.30. The Morgan fingerprint density at radius 1 is 1.21 bits per heavy atom. The number of hydrogen-bond acceptors (Lipinski definition) is 4. The highest BCUT2D eigenvalue weighted by Crippen LogP contribution is 2.26. The van der Waals surface area contributed by atoms with E-state index in [0.717, 1.165) is 42.0 Å². The zero-order valence-electron chi connectivity index (χ0n) is 13.7. The van der Waals surface area contributed by atoms with Gasteiger partial charge in [0.2, 0.25) is 10.0 Å². The molecule has 0 spiro atoms. The second-order valence-electron chi connectivity index (χ2n) is 5.85. The van der Waals surface area contributed by atoms with Gasteiger partial charge in [-0.2, -0.15) is 5.10 Å². The lowest BCUT2D eigenvalue weighted by atomic mass is 10.2. The number of nitrogens with zero attached hydrogens (tertiary/aromatic N) is 2. The molecule has 0 atom stereocenters. The number of nitrogens with one attached hydrogen (secondary N) is 1. The number of hydrogen-bond donors (Lipinski definition) is 1. The SMILES string of the molecule is CS(=O)(=O)N(CC(=O)NN=C1CCCCCC1)c1ccccc1Cl. The van der Waals surface area contributed by atoms with Gasteiger partial charge in [-0.05, 0) is 37.8 Å². The van der Waals surface area contributed by atoms with Crippen molar-refractivity contribution < 1.29 is 13.2 Å². The second kappa shape index (κ2) is 8.48. The number of sulfonamides is 1. The highest BCUT2D eigenvalue weighted by atomic mass is 35.5. The monoisotopic (exact) mass is 371 g/mol. The molecule has 0 aromatic heterocycles. The molecule has 1 saturated carbocycles. The van der Waals surface area contributed by atoms with Crippen LogP contribution in [0.2, 0.25) is 5.02 Å². The number of benzene rings is 1. The number of para-hydroxylation sites is 1. The molecule has 1 amide bonds. The Bertz CT molecular complexity index is 709. The fraction of sp³-hybridized carbons (Fsp3) is 0.500. The van der Waals surface area contributed by atoms with Crippen LogP contribution >= 0.6 is 11.6 Å². The molecule has 8 heteroatoms. The van der Waals surface area contributed by atoms with E-state index in [4.69, 9.17) is 11.6 Å². The summed E-state index contributed by atoms with van der Waals surface area (Å²) in [4.78, 5) is 12.1. The number of halogens is 1. The molecule has 132 valence electrons. The molecule has 1 N–H and O–H groups in total. The van der Waals surface area contributed by atoms with Gasteiger partial charge in [0, 0.05) is 5.71 Å². The van der Waals surface area contributed by atoms with Crippen molar-refractivity contribution in [3.63, 3.8) is 0 Å². The molecule has 0 radical (unpaired) electrons. The van der Waals surface area contributed by atoms with E-state index in [0.29, 0.717) is 0 Å². The van der Waals surface area contributed by atoms with E-state index in [1.54, 1.807) is 24.3 Å². The average Bonchev–Trinajstić information content (AvgIpc) is 2.79. The topological polar surface area (TPSA) is 78.8 Å². The lowest BCUT2D eigenvalue weighted by Gasteiger charge is -2.22. The van der Waals surface area contributed by atoms with E-state index < -0.39 is 15.9 Å². The molecule has 2 rings (SSSR count). The summed E-state index contributed by atoms with van der Waals surface area (Å²) in [6, 6.07) is 6.51. The molecule has 0 unspecified atom stereocenters. The molecule has 1 aromatic rings. The number of carbonyl (C=O) groups excluding carboxylic acids is 1. The van der Waals surface area contributed by atoms with Gasteiger partial charge in [-0.15, -0.1) is 0 Å². The molecule has 1 aromatic carbocycles. The first kappa shape index (κ1) is 18.7. The van der Waals surface area contributed by atoms with Gasteiger partial charge in [0.15, 0.2) is 0 Å². The Balaban J connectivity index is 2.08. The first-order valence-electron chi connectivity index (χ1n) is 7.94. The second-order valence-corrected chi connectivity index (χ2v) is 8.16. The largest absolute Gasteiger partial charge is 0.271 e. The Labute approximate surface area is 147 Å². The van der Waals surface area contributed by atoms with Gasteiger partial charge in [0.05, 0.1) is 17.0 Å². The van der Waals surface area contributed by atoms with E-state index in [2.05, 4.69) is 10.5 Å². The molecular formula is C16H22ClN3O3S. The summed E-state index contributed by atoms with van der Waals surface area (Å²) in [6.45, 7) is -0.362. The van der Waals surface area contributed by atoms with E-state index in [9.17, 15) is 13.2 Å². The smallest absolute Gasteiger partial charge is 0.260 e. The highest BCUT2D eigenvalue weighted by molar-refractivity contribution is 7.92. The zero-order chi connectivity index (χ0) is 17.6. The summed E-state index contributed by atoms with van der Waals surface area (Å²) in [5, 5.41) is 4.43. The summed E-state index contributed by atoms with van der Waals surface area (Å²) in [5.74, 6) is -0.489. The van der Waals surface area contributed by atoms with Crippen LogP contribution in [0.4, 0.5) is 5.69 Å². The minimum absolute atomic E-state index is 0.269. The van der Waals surface area contributed by atoms with Crippen molar-refractivity contribution >= 4 is 38.9 Å². The van der Waals surface area contributed by atoms with Gasteiger partial charge in [-0.25, -0.2) is 13.8 Å². The molecule has 0 saturated heterocycles. The van der Waals surface area contributed by atoms with Crippen LogP contribution in [0.1, 0.15) is 38.5 Å². The van der Waals surface area contributed by atoms with Crippen LogP contribution in [0.25, 0.3) is 0 Å². The molecule has 1 aliphatic carbocycles. The number of anilines is 1. The lowest BCUT2D eigenvalue weighted by Crippen LogP contribution is -2.39. The van der Waals surface area contributed by atoms with Gasteiger partial charge < -0.3 is 0 Å². The van der Waals surface area contributed by atoms with E-state index in [1.807, 2.05) is 0 Å². The van der Waals surface area contributed by atoms with Gasteiger partial charge in [-0.3, -0.25) is 9.10 Å². The van der Waals surface area contributed by atoms with E-state index in [-0.39, 0.29) is 17.3 Å². The number of rotatable bonds is 5. The van der Waals surface area contributed by atoms with E-state index in [1.165, 1.54) is 12.8 Å². The van der Waals surface area contributed by atoms with E-state index >= 15 is 0 Å². The third kappa shape index (κ3) is 5.49. The predicted molar refractivity (Wildman–Crippen MR) is 96.9 cm³/mol. The zero-order valence-corrected chi connectivity index (χ0v) is 15.2. The van der Waals surface area contributed by atoms with Crippen molar-refractivity contribution in [3.8, 4) is 0 Å². The summed E-state index contributed by atoms with van der Waals surface area (Å²) >= 11 is 6.06. The van der Waals surface area contributed by atoms with Crippen LogP contribution in [-0.4, -0.2) is 32.8 Å². The van der Waals surface area contributed by atoms with Crippen LogP contribution in [0.3, 0.4) is 0 Å². The first-order valence-corrected chi connectivity index (χ1v) is 10.2. The van der Waals surface area contributed by atoms with Gasteiger partial charge in [0.1, 0.15) is 6.54 Å². The molecule has 1 fully saturated rings. The average molecular weight is 372 g/mol. The maximum absolute atomic E-state index is 12.1. The Morgan fingerprint density at radius 2 is 1.83 bits per heavy atom. The maximum Gasteiger partial charge on any atom is 0.260 e. The first-order chi connectivity index (χ1) is 11.4. The molecule has 1 aliphatic rings. The van der Waals surface area contributed by atoms with Crippen LogP contribution in [0.5, 0.6) is 0 Å². The van der Waals surface area contributed by atoms with Crippen molar-refractivity contribution in [2.45, 2.75) is 38.5 Å². The minimum atomic E-state index is -3.64. The van der Waals surface area contributed by atoms with Crippen molar-refractivity contribution in [1.29, 1.82) is 0 Å². The van der Waals surface area contributed by atoms with Crippen LogP contribution in [0, 0.1) is 0 Å². The molecule has 24 heavy (non-hydrogen) atoms. The maximum atomic E-state index is 12.1. The normalized spacial score (nSPS) is 15.5. The van der Waals surface area contributed by atoms with Crippen molar-refractivity contribution in [1.82, 2.24) is 5.43 Å². The third-order valence-electron chi connectivity index (χ3n) is 3.83. The van der Waals surface area contributed by atoms with Crippen molar-refractivity contribution in [2.24, 2.45) is 5.10 Å². The van der Waals surface area contributed by atoms with Crippen molar-refractivity contribution in [2.75, 3.05) is 17.1 Å². The van der Waals surface area contributed by atoms with Crippen LogP contribution in [-0.2, 0) is 14.8 Å².